The summed E-state index contributed by atoms with van der Waals surface area (Å²) in [6.45, 7) is 6.82. The molecule has 2 aliphatic rings. The number of carboxylic acid groups (broad SMARTS) is 1. The Morgan fingerprint density at radius 1 is 0.963 bits per heavy atom. The number of amides is 1. The number of carbonyl (C=O) groups is 2. The lowest BCUT2D eigenvalue weighted by Gasteiger charge is -2.30. The number of carbonyl (C=O) groups excluding carboxylic acids is 1. The van der Waals surface area contributed by atoms with E-state index >= 15 is 0 Å². The normalized spacial score (nSPS) is 20.1. The maximum absolute atomic E-state index is 11.1. The van der Waals surface area contributed by atoms with Crippen molar-refractivity contribution < 1.29 is 19.4 Å². The molecule has 0 spiro atoms. The molecule has 0 heterocycles. The van der Waals surface area contributed by atoms with Crippen molar-refractivity contribution in [2.45, 2.75) is 110 Å². The van der Waals surface area contributed by atoms with Crippen LogP contribution in [0.3, 0.4) is 0 Å². The van der Waals surface area contributed by atoms with Gasteiger partial charge in [0.15, 0.2) is 0 Å². The Labute approximate surface area is 164 Å². The molecule has 2 saturated carbocycles. The molecular weight excluding hydrogens is 344 g/mol. The average Bonchev–Trinajstić information content (AvgIpc) is 2.60. The van der Waals surface area contributed by atoms with Gasteiger partial charge in [-0.25, -0.2) is 4.79 Å². The van der Waals surface area contributed by atoms with Crippen molar-refractivity contribution in [3.8, 4) is 0 Å². The summed E-state index contributed by atoms with van der Waals surface area (Å²) < 4.78 is 4.92. The molecule has 0 aromatic rings. The van der Waals surface area contributed by atoms with Gasteiger partial charge in [-0.15, -0.1) is 0 Å². The van der Waals surface area contributed by atoms with Crippen LogP contribution in [0, 0.1) is 5.92 Å². The van der Waals surface area contributed by atoms with E-state index in [2.05, 4.69) is 10.6 Å². The first-order valence-corrected chi connectivity index (χ1v) is 10.6. The minimum Gasteiger partial charge on any atom is -0.481 e. The zero-order valence-corrected chi connectivity index (χ0v) is 17.7. The van der Waals surface area contributed by atoms with Crippen molar-refractivity contribution in [1.29, 1.82) is 0 Å². The molecule has 3 N–H and O–H groups in total. The number of alkyl carbamates (subject to hydrolysis) is 1. The van der Waals surface area contributed by atoms with Gasteiger partial charge in [0, 0.05) is 18.6 Å². The quantitative estimate of drug-likeness (QED) is 0.651. The van der Waals surface area contributed by atoms with E-state index in [0.29, 0.717) is 0 Å². The van der Waals surface area contributed by atoms with E-state index in [0.717, 1.165) is 12.1 Å². The Hall–Kier alpha value is -1.30. The number of nitrogens with one attached hydrogen (secondary N) is 2. The topological polar surface area (TPSA) is 87.7 Å². The van der Waals surface area contributed by atoms with E-state index in [4.69, 9.17) is 9.84 Å². The lowest BCUT2D eigenvalue weighted by Crippen LogP contribution is -2.40. The SMILES string of the molecule is C1CCC(NC2CCCCC2)CC1.CC(CNC(=O)OC(C)(C)C)C(=O)O. The van der Waals surface area contributed by atoms with Crippen LogP contribution in [0.25, 0.3) is 0 Å². The van der Waals surface area contributed by atoms with Crippen LogP contribution in [0.5, 0.6) is 0 Å². The number of carboxylic acids is 1. The molecule has 0 saturated heterocycles. The molecule has 27 heavy (non-hydrogen) atoms. The number of hydrogen-bond acceptors (Lipinski definition) is 4. The highest BCUT2D eigenvalue weighted by Crippen LogP contribution is 2.22. The second-order valence-corrected chi connectivity index (χ2v) is 8.96. The van der Waals surface area contributed by atoms with E-state index in [-0.39, 0.29) is 6.54 Å². The van der Waals surface area contributed by atoms with Crippen molar-refractivity contribution in [2.24, 2.45) is 5.92 Å². The molecule has 0 radical (unpaired) electrons. The van der Waals surface area contributed by atoms with Crippen LogP contribution >= 0.6 is 0 Å². The van der Waals surface area contributed by atoms with Crippen LogP contribution in [0.4, 0.5) is 4.79 Å². The second kappa shape index (κ2) is 12.2. The maximum Gasteiger partial charge on any atom is 0.407 e. The molecule has 0 bridgehead atoms. The molecule has 0 aromatic carbocycles. The molecule has 0 aromatic heterocycles. The molecule has 1 atom stereocenters. The van der Waals surface area contributed by atoms with Gasteiger partial charge in [0.05, 0.1) is 5.92 Å². The third-order valence-electron chi connectivity index (χ3n) is 5.05. The molecule has 2 rings (SSSR count). The van der Waals surface area contributed by atoms with E-state index in [1.165, 1.54) is 71.1 Å². The van der Waals surface area contributed by atoms with E-state index in [1.54, 1.807) is 20.8 Å². The van der Waals surface area contributed by atoms with Crippen molar-refractivity contribution in [3.63, 3.8) is 0 Å². The van der Waals surface area contributed by atoms with E-state index in [1.807, 2.05) is 0 Å². The lowest BCUT2D eigenvalue weighted by atomic mass is 9.91. The first kappa shape index (κ1) is 23.7. The molecule has 2 aliphatic carbocycles. The highest BCUT2D eigenvalue weighted by molar-refractivity contribution is 5.72. The largest absolute Gasteiger partial charge is 0.481 e. The predicted molar refractivity (Wildman–Crippen MR) is 108 cm³/mol. The Bertz CT molecular complexity index is 420. The summed E-state index contributed by atoms with van der Waals surface area (Å²) in [6.07, 6.45) is 14.0. The van der Waals surface area contributed by atoms with E-state index in [9.17, 15) is 9.59 Å². The Kier molecular flexibility index (Phi) is 10.7. The summed E-state index contributed by atoms with van der Waals surface area (Å²) in [5.41, 5.74) is -0.559. The number of hydrogen-bond donors (Lipinski definition) is 3. The van der Waals surface area contributed by atoms with Crippen LogP contribution in [-0.2, 0) is 9.53 Å². The molecule has 1 amide bonds. The molecule has 1 unspecified atom stereocenters. The monoisotopic (exact) mass is 384 g/mol. The van der Waals surface area contributed by atoms with Gasteiger partial charge in [-0.1, -0.05) is 45.4 Å². The van der Waals surface area contributed by atoms with Crippen molar-refractivity contribution in [2.75, 3.05) is 6.54 Å². The summed E-state index contributed by atoms with van der Waals surface area (Å²) in [6, 6.07) is 1.74. The molecule has 6 heteroatoms. The summed E-state index contributed by atoms with van der Waals surface area (Å²) in [7, 11) is 0. The average molecular weight is 385 g/mol. The van der Waals surface area contributed by atoms with Gasteiger partial charge in [0.25, 0.3) is 0 Å². The highest BCUT2D eigenvalue weighted by atomic mass is 16.6. The first-order chi connectivity index (χ1) is 12.7. The van der Waals surface area contributed by atoms with Gasteiger partial charge in [-0.2, -0.15) is 0 Å². The van der Waals surface area contributed by atoms with Gasteiger partial charge < -0.3 is 20.5 Å². The zero-order chi connectivity index (χ0) is 20.3. The van der Waals surface area contributed by atoms with Crippen molar-refractivity contribution >= 4 is 12.1 Å². The highest BCUT2D eigenvalue weighted by Gasteiger charge is 2.19. The van der Waals surface area contributed by atoms with Crippen LogP contribution in [0.15, 0.2) is 0 Å². The maximum atomic E-state index is 11.1. The molecule has 2 fully saturated rings. The number of aliphatic carboxylic acids is 1. The fourth-order valence-electron chi connectivity index (χ4n) is 3.51. The summed E-state index contributed by atoms with van der Waals surface area (Å²) in [5.74, 6) is -1.55. The van der Waals surface area contributed by atoms with Crippen LogP contribution < -0.4 is 10.6 Å². The van der Waals surface area contributed by atoms with Crippen LogP contribution in [0.1, 0.15) is 91.9 Å². The Balaban J connectivity index is 0.000000270. The Morgan fingerprint density at radius 2 is 1.41 bits per heavy atom. The summed E-state index contributed by atoms with van der Waals surface area (Å²) >= 11 is 0. The van der Waals surface area contributed by atoms with E-state index < -0.39 is 23.6 Å². The molecular formula is C21H40N2O4. The standard InChI is InChI=1S/C12H23N.C9H17NO4/c1-3-7-11(8-4-1)13-12-9-5-2-6-10-12;1-6(7(11)12)5-10-8(13)14-9(2,3)4/h11-13H,1-10H2;6H,5H2,1-4H3,(H,10,13)(H,11,12). The molecule has 6 nitrogen and oxygen atoms in total. The van der Waals surface area contributed by atoms with Gasteiger partial charge in [-0.3, -0.25) is 4.79 Å². The fourth-order valence-corrected chi connectivity index (χ4v) is 3.51. The minimum atomic E-state index is -0.943. The summed E-state index contributed by atoms with van der Waals surface area (Å²) in [4.78, 5) is 21.5. The van der Waals surface area contributed by atoms with Crippen LogP contribution in [0.2, 0.25) is 0 Å². The third-order valence-corrected chi connectivity index (χ3v) is 5.05. The van der Waals surface area contributed by atoms with Gasteiger partial charge in [0.1, 0.15) is 5.60 Å². The summed E-state index contributed by atoms with van der Waals surface area (Å²) in [5, 5.41) is 14.8. The van der Waals surface area contributed by atoms with Gasteiger partial charge >= 0.3 is 12.1 Å². The lowest BCUT2D eigenvalue weighted by molar-refractivity contribution is -0.140. The number of ether oxygens (including phenoxy) is 1. The zero-order valence-electron chi connectivity index (χ0n) is 17.7. The van der Waals surface area contributed by atoms with Crippen LogP contribution in [-0.4, -0.2) is 41.4 Å². The molecule has 158 valence electrons. The number of rotatable bonds is 5. The van der Waals surface area contributed by atoms with Gasteiger partial charge in [-0.05, 0) is 46.5 Å². The third kappa shape index (κ3) is 11.9. The minimum absolute atomic E-state index is 0.0737. The smallest absolute Gasteiger partial charge is 0.407 e. The molecule has 0 aliphatic heterocycles. The van der Waals surface area contributed by atoms with Crippen molar-refractivity contribution in [3.05, 3.63) is 0 Å². The first-order valence-electron chi connectivity index (χ1n) is 10.6. The Morgan fingerprint density at radius 3 is 1.78 bits per heavy atom. The predicted octanol–water partition coefficient (Wildman–Crippen LogP) is 4.47. The van der Waals surface area contributed by atoms with Gasteiger partial charge in [0.2, 0.25) is 0 Å². The van der Waals surface area contributed by atoms with Crippen molar-refractivity contribution in [1.82, 2.24) is 10.6 Å². The fraction of sp³-hybridized carbons (Fsp3) is 0.905. The second-order valence-electron chi connectivity index (χ2n) is 8.96.